The fourth-order valence-corrected chi connectivity index (χ4v) is 5.34. The van der Waals surface area contributed by atoms with Gasteiger partial charge in [-0.15, -0.1) is 0 Å². The summed E-state index contributed by atoms with van der Waals surface area (Å²) in [6.45, 7) is 12.2. The lowest BCUT2D eigenvalue weighted by Crippen LogP contribution is -2.34. The summed E-state index contributed by atoms with van der Waals surface area (Å²) < 4.78 is 0. The summed E-state index contributed by atoms with van der Waals surface area (Å²) in [7, 11) is 0. The van der Waals surface area contributed by atoms with Crippen LogP contribution in [0.4, 0.5) is 0 Å². The van der Waals surface area contributed by atoms with Crippen LogP contribution in [0.2, 0.25) is 0 Å². The van der Waals surface area contributed by atoms with Gasteiger partial charge < -0.3 is 0 Å². The topological polar surface area (TPSA) is 0 Å². The van der Waals surface area contributed by atoms with Crippen LogP contribution < -0.4 is 0 Å². The molecule has 20 heavy (non-hydrogen) atoms. The minimum Gasteiger partial charge on any atom is -0.0654 e. The SMILES string of the molecule is CCCC1CCC(CCC(C)C(C)C)C2C(C)CCC12. The third kappa shape index (κ3) is 3.60. The summed E-state index contributed by atoms with van der Waals surface area (Å²) in [5, 5.41) is 0. The van der Waals surface area contributed by atoms with Gasteiger partial charge in [-0.25, -0.2) is 0 Å². The van der Waals surface area contributed by atoms with Gasteiger partial charge in [0.2, 0.25) is 0 Å². The summed E-state index contributed by atoms with van der Waals surface area (Å²) >= 11 is 0. The van der Waals surface area contributed by atoms with E-state index in [1.807, 2.05) is 0 Å². The molecule has 2 rings (SSSR count). The fourth-order valence-electron chi connectivity index (χ4n) is 5.34. The molecule has 0 heteroatoms. The highest BCUT2D eigenvalue weighted by Gasteiger charge is 2.44. The Labute approximate surface area is 128 Å². The van der Waals surface area contributed by atoms with E-state index in [-0.39, 0.29) is 0 Å². The summed E-state index contributed by atoms with van der Waals surface area (Å²) in [5.74, 6) is 7.11. The Balaban J connectivity index is 1.94. The van der Waals surface area contributed by atoms with E-state index >= 15 is 0 Å². The molecule has 2 fully saturated rings. The molecule has 2 aliphatic carbocycles. The zero-order valence-electron chi connectivity index (χ0n) is 14.7. The number of rotatable bonds is 6. The lowest BCUT2D eigenvalue weighted by atomic mass is 9.63. The van der Waals surface area contributed by atoms with Crippen molar-refractivity contribution in [2.24, 2.45) is 41.4 Å². The molecule has 0 aliphatic heterocycles. The smallest absolute Gasteiger partial charge is 0.0329 e. The van der Waals surface area contributed by atoms with Crippen molar-refractivity contribution in [2.75, 3.05) is 0 Å². The summed E-state index contributed by atoms with van der Waals surface area (Å²) in [5.41, 5.74) is 0. The van der Waals surface area contributed by atoms with Crippen molar-refractivity contribution in [2.45, 2.75) is 86.0 Å². The normalized spacial score (nSPS) is 39.0. The van der Waals surface area contributed by atoms with Gasteiger partial charge in [0.05, 0.1) is 0 Å². The van der Waals surface area contributed by atoms with Crippen molar-refractivity contribution < 1.29 is 0 Å². The minimum absolute atomic E-state index is 0.864. The highest BCUT2D eigenvalue weighted by Crippen LogP contribution is 2.53. The zero-order valence-corrected chi connectivity index (χ0v) is 14.7. The Hall–Kier alpha value is 0. The Morgan fingerprint density at radius 1 is 0.900 bits per heavy atom. The van der Waals surface area contributed by atoms with E-state index < -0.39 is 0 Å². The number of fused-ring (bicyclic) bond motifs is 1. The molecule has 0 aromatic carbocycles. The van der Waals surface area contributed by atoms with Crippen LogP contribution >= 0.6 is 0 Å². The van der Waals surface area contributed by atoms with Crippen molar-refractivity contribution in [3.8, 4) is 0 Å². The van der Waals surface area contributed by atoms with Crippen LogP contribution in [-0.4, -0.2) is 0 Å². The van der Waals surface area contributed by atoms with Gasteiger partial charge in [-0.05, 0) is 67.1 Å². The summed E-state index contributed by atoms with van der Waals surface area (Å²) in [6, 6.07) is 0. The van der Waals surface area contributed by atoms with Crippen molar-refractivity contribution >= 4 is 0 Å². The van der Waals surface area contributed by atoms with Gasteiger partial charge in [-0.1, -0.05) is 60.3 Å². The molecule has 0 aromatic rings. The molecule has 2 aliphatic rings. The lowest BCUT2D eigenvalue weighted by Gasteiger charge is -2.42. The van der Waals surface area contributed by atoms with Gasteiger partial charge in [-0.2, -0.15) is 0 Å². The molecule has 0 nitrogen and oxygen atoms in total. The molecule has 0 saturated heterocycles. The van der Waals surface area contributed by atoms with Crippen LogP contribution in [0.25, 0.3) is 0 Å². The fraction of sp³-hybridized carbons (Fsp3) is 1.00. The molecule has 0 heterocycles. The van der Waals surface area contributed by atoms with Crippen molar-refractivity contribution in [1.29, 1.82) is 0 Å². The van der Waals surface area contributed by atoms with E-state index in [1.165, 1.54) is 32.1 Å². The predicted octanol–water partition coefficient (Wildman–Crippen LogP) is 6.55. The Morgan fingerprint density at radius 2 is 1.60 bits per heavy atom. The first kappa shape index (κ1) is 16.4. The van der Waals surface area contributed by atoms with Gasteiger partial charge >= 0.3 is 0 Å². The van der Waals surface area contributed by atoms with Gasteiger partial charge in [0.15, 0.2) is 0 Å². The molecule has 118 valence electrons. The average molecular weight is 279 g/mol. The van der Waals surface area contributed by atoms with Crippen molar-refractivity contribution in [1.82, 2.24) is 0 Å². The lowest BCUT2D eigenvalue weighted by molar-refractivity contribution is 0.0758. The molecule has 0 N–H and O–H groups in total. The minimum atomic E-state index is 0.864. The Bertz CT molecular complexity index is 280. The molecule has 0 amide bonds. The molecule has 6 unspecified atom stereocenters. The van der Waals surface area contributed by atoms with E-state index in [0.29, 0.717) is 0 Å². The molecule has 0 radical (unpaired) electrons. The van der Waals surface area contributed by atoms with Crippen LogP contribution in [0, 0.1) is 41.4 Å². The maximum atomic E-state index is 2.55. The zero-order chi connectivity index (χ0) is 14.7. The second-order valence-electron chi connectivity index (χ2n) is 8.48. The van der Waals surface area contributed by atoms with E-state index in [0.717, 1.165) is 41.4 Å². The van der Waals surface area contributed by atoms with Crippen LogP contribution in [-0.2, 0) is 0 Å². The molecule has 6 atom stereocenters. The van der Waals surface area contributed by atoms with Crippen LogP contribution in [0.5, 0.6) is 0 Å². The first-order valence-corrected chi connectivity index (χ1v) is 9.54. The molecule has 0 bridgehead atoms. The van der Waals surface area contributed by atoms with E-state index in [1.54, 1.807) is 19.3 Å². The Morgan fingerprint density at radius 3 is 2.25 bits per heavy atom. The first-order chi connectivity index (χ1) is 9.54. The molecule has 0 aromatic heterocycles. The van der Waals surface area contributed by atoms with Crippen LogP contribution in [0.15, 0.2) is 0 Å². The summed E-state index contributed by atoms with van der Waals surface area (Å²) in [6.07, 6.45) is 12.0. The molecule has 2 saturated carbocycles. The first-order valence-electron chi connectivity index (χ1n) is 9.54. The summed E-state index contributed by atoms with van der Waals surface area (Å²) in [4.78, 5) is 0. The van der Waals surface area contributed by atoms with Crippen molar-refractivity contribution in [3.05, 3.63) is 0 Å². The Kier molecular flexibility index (Phi) is 5.99. The van der Waals surface area contributed by atoms with Gasteiger partial charge in [-0.3, -0.25) is 0 Å². The molecule has 0 spiro atoms. The maximum Gasteiger partial charge on any atom is -0.0329 e. The number of hydrogen-bond donors (Lipinski definition) is 0. The molecular weight excluding hydrogens is 240 g/mol. The van der Waals surface area contributed by atoms with E-state index in [9.17, 15) is 0 Å². The van der Waals surface area contributed by atoms with Crippen molar-refractivity contribution in [3.63, 3.8) is 0 Å². The highest BCUT2D eigenvalue weighted by atomic mass is 14.5. The second kappa shape index (κ2) is 7.32. The standard InChI is InChI=1S/C20H38/c1-6-7-17-11-12-18(10-8-15(4)14(2)3)20-16(5)9-13-19(17)20/h14-20H,6-13H2,1-5H3. The maximum absolute atomic E-state index is 2.55. The average Bonchev–Trinajstić information content (AvgIpc) is 2.80. The highest BCUT2D eigenvalue weighted by molar-refractivity contribution is 4.94. The third-order valence-corrected chi connectivity index (χ3v) is 6.96. The van der Waals surface area contributed by atoms with Gasteiger partial charge in [0, 0.05) is 0 Å². The third-order valence-electron chi connectivity index (χ3n) is 6.96. The van der Waals surface area contributed by atoms with E-state index in [2.05, 4.69) is 34.6 Å². The van der Waals surface area contributed by atoms with E-state index in [4.69, 9.17) is 0 Å². The monoisotopic (exact) mass is 278 g/mol. The quantitative estimate of drug-likeness (QED) is 0.517. The predicted molar refractivity (Wildman–Crippen MR) is 89.7 cm³/mol. The molecular formula is C20H38. The largest absolute Gasteiger partial charge is 0.0654 e. The van der Waals surface area contributed by atoms with Crippen LogP contribution in [0.1, 0.15) is 86.0 Å². The van der Waals surface area contributed by atoms with Gasteiger partial charge in [0.1, 0.15) is 0 Å². The second-order valence-corrected chi connectivity index (χ2v) is 8.48. The van der Waals surface area contributed by atoms with Crippen LogP contribution in [0.3, 0.4) is 0 Å². The number of hydrogen-bond acceptors (Lipinski definition) is 0. The van der Waals surface area contributed by atoms with Gasteiger partial charge in [0.25, 0.3) is 0 Å².